The normalized spacial score (nSPS) is 19.6. The maximum atomic E-state index is 12.1. The topological polar surface area (TPSA) is 307 Å². The Morgan fingerprint density at radius 2 is 1.68 bits per heavy atom. The van der Waals surface area contributed by atoms with E-state index in [1.54, 1.807) is 44.0 Å². The number of carboxylic acids is 1. The first-order valence-corrected chi connectivity index (χ1v) is 29.3. The first-order chi connectivity index (χ1) is 38.6. The molecule has 1 aliphatic carbocycles. The molecule has 2 saturated heterocycles. The molecule has 82 heavy (non-hydrogen) atoms. The fourth-order valence-electron chi connectivity index (χ4n) is 7.81. The minimum Gasteiger partial charge on any atom is -0.478 e. The molecular formula is C58H87N4O18PS. The number of phosphoric ester groups is 1. The molecule has 0 radical (unpaired) electrons. The number of aliphatic carboxylic acids is 1. The number of carbonyl (C=O) groups excluding carboxylic acids is 5. The largest absolute Gasteiger partial charge is 0.478 e. The number of ether oxygens (including phenoxy) is 3. The molecule has 0 bridgehead atoms. The van der Waals surface area contributed by atoms with E-state index in [-0.39, 0.29) is 83.9 Å². The predicted molar refractivity (Wildman–Crippen MR) is 316 cm³/mol. The van der Waals surface area contributed by atoms with Crippen molar-refractivity contribution < 1.29 is 81.2 Å². The summed E-state index contributed by atoms with van der Waals surface area (Å²) < 4.78 is 44.3. The van der Waals surface area contributed by atoms with Gasteiger partial charge < -0.3 is 54.4 Å². The Morgan fingerprint density at radius 3 is 2.24 bits per heavy atom. The van der Waals surface area contributed by atoms with E-state index >= 15 is 0 Å². The van der Waals surface area contributed by atoms with E-state index in [1.165, 1.54) is 43.4 Å². The van der Waals surface area contributed by atoms with E-state index in [2.05, 4.69) is 36.4 Å². The monoisotopic (exact) mass is 1190 g/mol. The second-order valence-electron chi connectivity index (χ2n) is 19.1. The number of fused-ring (bicyclic) bond motifs is 1. The van der Waals surface area contributed by atoms with Gasteiger partial charge in [0.15, 0.2) is 11.2 Å². The molecular weight excluding hydrogens is 1100 g/mol. The third kappa shape index (κ3) is 24.9. The molecule has 4 aliphatic heterocycles. The predicted octanol–water partition coefficient (Wildman–Crippen LogP) is 5.76. The van der Waals surface area contributed by atoms with E-state index in [9.17, 15) is 58.3 Å². The van der Waals surface area contributed by atoms with E-state index < -0.39 is 49.5 Å². The van der Waals surface area contributed by atoms with E-state index in [0.717, 1.165) is 24.2 Å². The molecule has 458 valence electrons. The SMILES string of the molecule is C=C(/C(=C\C=C\C(C)=O)C(=O)O)c1c2ccc(=O)cc-2oc(=C/[C@H](C)O)/c1=C\C.C=C1NC(=O)C(C)=CN1C1C[C@@H](O)C(COP(=O)(O)OCC(C)(C)CCC)O1.CC.CC.CCCOCCOCCNC(=O)CN1C(=O)CC(S)C1=O. The average Bonchev–Trinajstić information content (AvgIpc) is 4.00. The third-order valence-electron chi connectivity index (χ3n) is 11.6. The number of imide groups is 1. The molecule has 5 aliphatic rings. The van der Waals surface area contributed by atoms with Gasteiger partial charge >= 0.3 is 13.8 Å². The van der Waals surface area contributed by atoms with Crippen LogP contribution in [0.4, 0.5) is 0 Å². The fraction of sp³-hybridized carbons (Fsp3) is 0.534. The Morgan fingerprint density at radius 1 is 1.04 bits per heavy atom. The van der Waals surface area contributed by atoms with E-state index in [4.69, 9.17) is 27.7 Å². The number of benzene rings is 1. The Bertz CT molecular complexity index is 2790. The quantitative estimate of drug-likeness (QED) is 0.0155. The number of likely N-dealkylation sites (tertiary alicyclic amines) is 1. The molecule has 2 fully saturated rings. The average molecular weight is 1190 g/mol. The van der Waals surface area contributed by atoms with E-state index in [0.29, 0.717) is 66.1 Å². The summed E-state index contributed by atoms with van der Waals surface area (Å²) in [6.45, 7) is 31.9. The highest BCUT2D eigenvalue weighted by Crippen LogP contribution is 2.46. The number of aliphatic hydroxyl groups excluding tert-OH is 2. The van der Waals surface area contributed by atoms with Gasteiger partial charge in [-0.25, -0.2) is 9.36 Å². The molecule has 4 amide bonds. The number of carbonyl (C=O) groups is 6. The zero-order chi connectivity index (χ0) is 62.5. The summed E-state index contributed by atoms with van der Waals surface area (Å²) in [5.74, 6) is -2.27. The van der Waals surface area contributed by atoms with Gasteiger partial charge in [-0.2, -0.15) is 12.6 Å². The molecule has 4 heterocycles. The van der Waals surface area contributed by atoms with Crippen molar-refractivity contribution in [2.45, 2.75) is 145 Å². The number of hydrogen-bond donors (Lipinski definition) is 7. The van der Waals surface area contributed by atoms with Crippen molar-refractivity contribution in [3.05, 3.63) is 99.2 Å². The summed E-state index contributed by atoms with van der Waals surface area (Å²) in [6, 6.07) is 4.20. The lowest BCUT2D eigenvalue weighted by Gasteiger charge is -2.32. The van der Waals surface area contributed by atoms with Gasteiger partial charge in [-0.1, -0.05) is 87.1 Å². The fourth-order valence-corrected chi connectivity index (χ4v) is 9.03. The number of aliphatic hydroxyl groups is 2. The van der Waals surface area contributed by atoms with Crippen molar-refractivity contribution in [2.24, 2.45) is 5.41 Å². The Balaban J connectivity index is 0.000000604. The molecule has 0 saturated carbocycles. The van der Waals surface area contributed by atoms with Gasteiger partial charge in [0.2, 0.25) is 17.7 Å². The minimum atomic E-state index is -4.26. The van der Waals surface area contributed by atoms with E-state index in [1.807, 2.05) is 55.4 Å². The van der Waals surface area contributed by atoms with Gasteiger partial charge in [-0.15, -0.1) is 0 Å². The molecule has 24 heteroatoms. The van der Waals surface area contributed by atoms with Crippen LogP contribution in [0.3, 0.4) is 0 Å². The van der Waals surface area contributed by atoms with Crippen LogP contribution in [0.15, 0.2) is 82.0 Å². The number of amides is 4. The molecule has 0 aromatic heterocycles. The first-order valence-electron chi connectivity index (χ1n) is 27.3. The number of carboxylic acid groups (broad SMARTS) is 1. The van der Waals surface area contributed by atoms with Crippen LogP contribution >= 0.6 is 20.5 Å². The molecule has 5 rings (SSSR count). The summed E-state index contributed by atoms with van der Waals surface area (Å²) in [6.07, 6.45) is 8.58. The minimum absolute atomic E-state index is 0.0517. The number of allylic oxidation sites excluding steroid dienone is 3. The van der Waals surface area contributed by atoms with Gasteiger partial charge in [-0.3, -0.25) is 42.7 Å². The van der Waals surface area contributed by atoms with Gasteiger partial charge in [0.25, 0.3) is 5.91 Å². The lowest BCUT2D eigenvalue weighted by molar-refractivity contribution is -0.142. The van der Waals surface area contributed by atoms with Crippen LogP contribution in [0, 0.1) is 5.41 Å². The summed E-state index contributed by atoms with van der Waals surface area (Å²) in [7, 11) is -4.26. The van der Waals surface area contributed by atoms with Crippen molar-refractivity contribution in [1.82, 2.24) is 20.4 Å². The Hall–Kier alpha value is -5.85. The van der Waals surface area contributed by atoms with Crippen molar-refractivity contribution in [3.63, 3.8) is 0 Å². The summed E-state index contributed by atoms with van der Waals surface area (Å²) in [5, 5.41) is 34.8. The van der Waals surface area contributed by atoms with Gasteiger partial charge in [-0.05, 0) is 81.9 Å². The van der Waals surface area contributed by atoms with Crippen LogP contribution in [0.25, 0.3) is 29.0 Å². The highest BCUT2D eigenvalue weighted by molar-refractivity contribution is 7.81. The zero-order valence-electron chi connectivity index (χ0n) is 49.5. The number of thiol groups is 1. The zero-order valence-corrected chi connectivity index (χ0v) is 51.3. The van der Waals surface area contributed by atoms with Gasteiger partial charge in [0.05, 0.1) is 56.1 Å². The Labute approximate surface area is 487 Å². The molecule has 4 unspecified atom stereocenters. The standard InChI is InChI=1S/C23H22O6.C18H31N2O7P.C13H22N2O5S.2C2H6/c1-5-17-20(11-14(3)25)29-21-12-16(26)9-10-19(21)22(17)15(4)18(23(27)28)8-6-7-13(2)24;1-6-7-18(4,5)11-26-28(23,24)25-10-15-14(21)8-16(27-15)20-9-12(2)17(22)19-13(20)3;1-2-4-19-6-7-20-5-3-14-11(16)9-15-12(17)8-10(21)13(15)18;2*1-2/h5-12,14,25H,4H2,1-3H3,(H,27,28);9,14-16,21H,3,6-8,10-11H2,1-2,4-5H3,(H,19,22)(H,23,24);10,21H,2-9H2,1H3,(H,14,16);2*1-2H3/b7-6+,17-5+,18-8+,20-11+;;;;/t14-;14-,15?,16?;;;/m01.../s1. The summed E-state index contributed by atoms with van der Waals surface area (Å²) >= 11 is 3.99. The number of phosphoric acid groups is 1. The smallest absolute Gasteiger partial charge is 0.472 e. The van der Waals surface area contributed by atoms with Crippen molar-refractivity contribution >= 4 is 73.6 Å². The molecule has 0 aromatic rings. The van der Waals surface area contributed by atoms with Crippen LogP contribution in [0.5, 0.6) is 0 Å². The third-order valence-corrected chi connectivity index (χ3v) is 13.0. The maximum Gasteiger partial charge on any atom is 0.472 e. The van der Waals surface area contributed by atoms with Gasteiger partial charge in [0, 0.05) is 60.2 Å². The number of ketones is 1. The molecule has 6 atom stereocenters. The molecule has 22 nitrogen and oxygen atoms in total. The highest BCUT2D eigenvalue weighted by atomic mass is 32.1. The highest BCUT2D eigenvalue weighted by Gasteiger charge is 2.41. The van der Waals surface area contributed by atoms with Gasteiger partial charge in [0.1, 0.15) is 35.9 Å². The molecule has 0 aromatic carbocycles. The second kappa shape index (κ2) is 37.4. The summed E-state index contributed by atoms with van der Waals surface area (Å²) in [5.41, 5.74) is 1.29. The first kappa shape index (κ1) is 74.2. The number of nitrogens with zero attached hydrogens (tertiary/aromatic N) is 2. The van der Waals surface area contributed by atoms with Crippen LogP contribution < -0.4 is 26.7 Å². The molecule has 0 spiro atoms. The second-order valence-corrected chi connectivity index (χ2v) is 21.1. The van der Waals surface area contributed by atoms with Crippen LogP contribution in [0.2, 0.25) is 0 Å². The van der Waals surface area contributed by atoms with Crippen LogP contribution in [-0.2, 0) is 56.6 Å². The molecule has 6 N–H and O–H groups in total. The van der Waals surface area contributed by atoms with Crippen LogP contribution in [0.1, 0.15) is 121 Å². The number of rotatable bonds is 25. The van der Waals surface area contributed by atoms with Crippen molar-refractivity contribution in [1.29, 1.82) is 0 Å². The number of nitrogens with one attached hydrogen (secondary N) is 2. The maximum absolute atomic E-state index is 12.1. The van der Waals surface area contributed by atoms with Crippen LogP contribution in [-0.4, -0.2) is 148 Å². The lowest BCUT2D eigenvalue weighted by atomic mass is 9.89. The van der Waals surface area contributed by atoms with Crippen molar-refractivity contribution in [3.8, 4) is 11.3 Å². The number of hydrogen-bond acceptors (Lipinski definition) is 18. The summed E-state index contributed by atoms with van der Waals surface area (Å²) in [4.78, 5) is 93.5. The Kier molecular flexibility index (Phi) is 33.8. The van der Waals surface area contributed by atoms with Crippen molar-refractivity contribution in [2.75, 3.05) is 52.7 Å². The lowest BCUT2D eigenvalue weighted by Crippen LogP contribution is -2.42.